The number of para-hydroxylation sites is 1. The molecule has 33 heavy (non-hydrogen) atoms. The number of benzene rings is 3. The summed E-state index contributed by atoms with van der Waals surface area (Å²) in [7, 11) is -2.52. The first-order chi connectivity index (χ1) is 16.0. The minimum Gasteiger partial charge on any atom is -0.496 e. The number of carbonyl (C=O) groups is 1. The lowest BCUT2D eigenvalue weighted by molar-refractivity contribution is 0.0300. The second-order valence-corrected chi connectivity index (χ2v) is 9.36. The average Bonchev–Trinajstić information content (AvgIpc) is 3.21. The Bertz CT molecular complexity index is 1450. The molecule has 1 amide bonds. The third kappa shape index (κ3) is 4.01. The molecular formula is C24H22N2O6S. The quantitative estimate of drug-likeness (QED) is 0.480. The summed E-state index contributed by atoms with van der Waals surface area (Å²) < 4.78 is 45.3. The maximum absolute atomic E-state index is 13.1. The summed E-state index contributed by atoms with van der Waals surface area (Å²) in [5, 5.41) is 1.86. The van der Waals surface area contributed by atoms with Crippen LogP contribution < -0.4 is 9.46 Å². The molecule has 9 heteroatoms. The lowest BCUT2D eigenvalue weighted by Crippen LogP contribution is -2.40. The average molecular weight is 467 g/mol. The highest BCUT2D eigenvalue weighted by atomic mass is 32.2. The van der Waals surface area contributed by atoms with E-state index in [0.717, 1.165) is 16.4 Å². The molecule has 3 aromatic carbocycles. The zero-order valence-electron chi connectivity index (χ0n) is 17.9. The van der Waals surface area contributed by atoms with Crippen molar-refractivity contribution in [1.82, 2.24) is 4.90 Å². The summed E-state index contributed by atoms with van der Waals surface area (Å²) >= 11 is 0. The van der Waals surface area contributed by atoms with Crippen molar-refractivity contribution < 1.29 is 27.1 Å². The van der Waals surface area contributed by atoms with Gasteiger partial charge in [0, 0.05) is 29.9 Å². The smallest absolute Gasteiger partial charge is 0.261 e. The topological polar surface area (TPSA) is 98.1 Å². The SMILES string of the molecule is COc1ccc(S(=O)(=O)Nc2ccc3c(c2)oc2ccccc23)cc1C(=O)N1CCOCC1. The van der Waals surface area contributed by atoms with Crippen molar-refractivity contribution in [3.05, 3.63) is 66.2 Å². The highest BCUT2D eigenvalue weighted by Crippen LogP contribution is 2.31. The zero-order chi connectivity index (χ0) is 23.0. The number of ether oxygens (including phenoxy) is 2. The van der Waals surface area contributed by atoms with Crippen molar-refractivity contribution in [3.63, 3.8) is 0 Å². The molecule has 1 fully saturated rings. The van der Waals surface area contributed by atoms with Gasteiger partial charge in [-0.3, -0.25) is 9.52 Å². The predicted molar refractivity (Wildman–Crippen MR) is 124 cm³/mol. The molecule has 4 aromatic rings. The molecule has 1 N–H and O–H groups in total. The van der Waals surface area contributed by atoms with Crippen molar-refractivity contribution in [2.24, 2.45) is 0 Å². The number of hydrogen-bond donors (Lipinski definition) is 1. The van der Waals surface area contributed by atoms with E-state index in [9.17, 15) is 13.2 Å². The number of sulfonamides is 1. The van der Waals surface area contributed by atoms with Gasteiger partial charge in [-0.1, -0.05) is 18.2 Å². The number of carbonyl (C=O) groups excluding carboxylic acids is 1. The van der Waals surface area contributed by atoms with Crippen molar-refractivity contribution in [3.8, 4) is 5.75 Å². The number of anilines is 1. The van der Waals surface area contributed by atoms with Crippen LogP contribution >= 0.6 is 0 Å². The number of hydrogen-bond acceptors (Lipinski definition) is 6. The largest absolute Gasteiger partial charge is 0.496 e. The molecule has 0 radical (unpaired) electrons. The van der Waals surface area contributed by atoms with Gasteiger partial charge >= 0.3 is 0 Å². The van der Waals surface area contributed by atoms with Crippen molar-refractivity contribution >= 4 is 43.6 Å². The van der Waals surface area contributed by atoms with Gasteiger partial charge in [0.05, 0.1) is 36.5 Å². The van der Waals surface area contributed by atoms with Crippen LogP contribution in [0, 0.1) is 0 Å². The fraction of sp³-hybridized carbons (Fsp3) is 0.208. The Morgan fingerprint density at radius 3 is 2.52 bits per heavy atom. The van der Waals surface area contributed by atoms with Crippen LogP contribution in [0.25, 0.3) is 21.9 Å². The molecule has 1 aliphatic rings. The lowest BCUT2D eigenvalue weighted by Gasteiger charge is -2.27. The number of methoxy groups -OCH3 is 1. The van der Waals surface area contributed by atoms with Gasteiger partial charge in [0.15, 0.2) is 0 Å². The van der Waals surface area contributed by atoms with Crippen LogP contribution in [0.15, 0.2) is 70.0 Å². The number of morpholine rings is 1. The van der Waals surface area contributed by atoms with Crippen molar-refractivity contribution in [1.29, 1.82) is 0 Å². The molecule has 0 aliphatic carbocycles. The number of nitrogens with one attached hydrogen (secondary N) is 1. The number of rotatable bonds is 5. The van der Waals surface area contributed by atoms with Gasteiger partial charge in [-0.25, -0.2) is 8.42 Å². The number of amides is 1. The van der Waals surface area contributed by atoms with Crippen LogP contribution in [0.1, 0.15) is 10.4 Å². The molecule has 0 spiro atoms. The molecule has 0 saturated carbocycles. The van der Waals surface area contributed by atoms with E-state index in [-0.39, 0.29) is 16.4 Å². The summed E-state index contributed by atoms with van der Waals surface area (Å²) in [6.07, 6.45) is 0. The monoisotopic (exact) mass is 466 g/mol. The second-order valence-electron chi connectivity index (χ2n) is 7.68. The van der Waals surface area contributed by atoms with E-state index in [0.29, 0.717) is 43.3 Å². The van der Waals surface area contributed by atoms with Gasteiger partial charge < -0.3 is 18.8 Å². The number of nitrogens with zero attached hydrogens (tertiary/aromatic N) is 1. The van der Waals surface area contributed by atoms with Crippen LogP contribution in [0.2, 0.25) is 0 Å². The molecule has 170 valence electrons. The van der Waals surface area contributed by atoms with E-state index in [1.807, 2.05) is 30.3 Å². The predicted octanol–water partition coefficient (Wildman–Crippen LogP) is 3.87. The van der Waals surface area contributed by atoms with E-state index in [1.54, 1.807) is 17.0 Å². The molecule has 8 nitrogen and oxygen atoms in total. The third-order valence-electron chi connectivity index (χ3n) is 5.64. The van der Waals surface area contributed by atoms with E-state index in [4.69, 9.17) is 13.9 Å². The van der Waals surface area contributed by atoms with Gasteiger partial charge in [-0.15, -0.1) is 0 Å². The van der Waals surface area contributed by atoms with Gasteiger partial charge in [-0.2, -0.15) is 0 Å². The van der Waals surface area contributed by atoms with Gasteiger partial charge in [-0.05, 0) is 36.4 Å². The van der Waals surface area contributed by atoms with Crippen LogP contribution in [0.4, 0.5) is 5.69 Å². The Morgan fingerprint density at radius 1 is 0.970 bits per heavy atom. The first kappa shape index (κ1) is 21.3. The van der Waals surface area contributed by atoms with E-state index in [2.05, 4.69) is 4.72 Å². The Labute approximate surface area is 190 Å². The summed E-state index contributed by atoms with van der Waals surface area (Å²) in [4.78, 5) is 14.6. The molecule has 5 rings (SSSR count). The Balaban J connectivity index is 1.46. The van der Waals surface area contributed by atoms with Crippen LogP contribution in [0.3, 0.4) is 0 Å². The minimum atomic E-state index is -3.97. The summed E-state index contributed by atoms with van der Waals surface area (Å²) in [5.41, 5.74) is 1.86. The molecule has 2 heterocycles. The van der Waals surface area contributed by atoms with Crippen molar-refractivity contribution in [2.75, 3.05) is 38.1 Å². The van der Waals surface area contributed by atoms with Crippen LogP contribution in [-0.4, -0.2) is 52.6 Å². The normalized spacial score (nSPS) is 14.5. The van der Waals surface area contributed by atoms with Gasteiger partial charge in [0.1, 0.15) is 16.9 Å². The molecule has 1 saturated heterocycles. The first-order valence-corrected chi connectivity index (χ1v) is 11.9. The highest BCUT2D eigenvalue weighted by molar-refractivity contribution is 7.92. The maximum Gasteiger partial charge on any atom is 0.261 e. The summed E-state index contributed by atoms with van der Waals surface area (Å²) in [5.74, 6) is 0.0185. The minimum absolute atomic E-state index is 0.0374. The van der Waals surface area contributed by atoms with Crippen LogP contribution in [0.5, 0.6) is 5.75 Å². The maximum atomic E-state index is 13.1. The summed E-state index contributed by atoms with van der Waals surface area (Å²) in [6.45, 7) is 1.76. The molecule has 0 unspecified atom stereocenters. The molecule has 0 atom stereocenters. The second kappa shape index (κ2) is 8.42. The lowest BCUT2D eigenvalue weighted by atomic mass is 10.1. The standard InChI is InChI=1S/C24H22N2O6S/c1-30-21-9-7-17(15-20(21)24(27)26-10-12-31-13-11-26)33(28,29)25-16-6-8-19-18-4-2-3-5-22(18)32-23(19)14-16/h2-9,14-15,25H,10-13H2,1H3. The Hall–Kier alpha value is -3.56. The Morgan fingerprint density at radius 2 is 1.73 bits per heavy atom. The molecule has 1 aromatic heterocycles. The molecule has 1 aliphatic heterocycles. The number of fused-ring (bicyclic) bond motifs is 3. The Kier molecular flexibility index (Phi) is 5.43. The van der Waals surface area contributed by atoms with Crippen molar-refractivity contribution in [2.45, 2.75) is 4.90 Å². The van der Waals surface area contributed by atoms with Crippen LogP contribution in [-0.2, 0) is 14.8 Å². The molecule has 0 bridgehead atoms. The van der Waals surface area contributed by atoms with Gasteiger partial charge in [0.25, 0.3) is 15.9 Å². The first-order valence-electron chi connectivity index (χ1n) is 10.5. The fourth-order valence-electron chi connectivity index (χ4n) is 3.96. The van der Waals surface area contributed by atoms with E-state index < -0.39 is 10.0 Å². The van der Waals surface area contributed by atoms with E-state index >= 15 is 0 Å². The fourth-order valence-corrected chi connectivity index (χ4v) is 5.04. The summed E-state index contributed by atoms with van der Waals surface area (Å²) in [6, 6.07) is 17.0. The number of furan rings is 1. The van der Waals surface area contributed by atoms with Gasteiger partial charge in [0.2, 0.25) is 0 Å². The third-order valence-corrected chi connectivity index (χ3v) is 7.02. The highest BCUT2D eigenvalue weighted by Gasteiger charge is 2.25. The zero-order valence-corrected chi connectivity index (χ0v) is 18.7. The van der Waals surface area contributed by atoms with E-state index in [1.165, 1.54) is 25.3 Å². The molecular weight excluding hydrogens is 444 g/mol.